The number of hydrogen-bond acceptors (Lipinski definition) is 1. The monoisotopic (exact) mass is 264 g/mol. The second-order valence-electron chi connectivity index (χ2n) is 5.17. The largest absolute Gasteiger partial charge is 0.303 e. The Labute approximate surface area is 120 Å². The van der Waals surface area contributed by atoms with Gasteiger partial charge in [0.15, 0.2) is 0 Å². The van der Waals surface area contributed by atoms with Crippen molar-refractivity contribution in [2.45, 2.75) is 84.0 Å². The van der Waals surface area contributed by atoms with E-state index in [0.717, 1.165) is 32.0 Å². The first-order valence-electron chi connectivity index (χ1n) is 8.15. The van der Waals surface area contributed by atoms with Crippen LogP contribution in [0.5, 0.6) is 0 Å². The summed E-state index contributed by atoms with van der Waals surface area (Å²) in [6.45, 7) is 2.25. The van der Waals surface area contributed by atoms with Crippen LogP contribution in [-0.4, -0.2) is 6.29 Å². The summed E-state index contributed by atoms with van der Waals surface area (Å²) in [4.78, 5) is 10.1. The van der Waals surface area contributed by atoms with Crippen LogP contribution in [0.4, 0.5) is 0 Å². The van der Waals surface area contributed by atoms with Crippen LogP contribution in [0, 0.1) is 0 Å². The highest BCUT2D eigenvalue weighted by Gasteiger charge is 1.86. The molecule has 1 heteroatoms. The lowest BCUT2D eigenvalue weighted by molar-refractivity contribution is -0.107. The van der Waals surface area contributed by atoms with Crippen LogP contribution in [0.3, 0.4) is 0 Å². The van der Waals surface area contributed by atoms with Crippen molar-refractivity contribution in [2.75, 3.05) is 0 Å². The number of unbranched alkanes of at least 4 members (excludes halogenated alkanes) is 9. The predicted octanol–water partition coefficient (Wildman–Crippen LogP) is 6.00. The molecule has 0 spiro atoms. The van der Waals surface area contributed by atoms with Crippen molar-refractivity contribution in [3.8, 4) is 0 Å². The molecule has 19 heavy (non-hydrogen) atoms. The first kappa shape index (κ1) is 18.1. The SMILES string of the molecule is CCCCC/C=C/CCCC/C=C/CCCCC=O. The van der Waals surface area contributed by atoms with E-state index >= 15 is 0 Å². The Hall–Kier alpha value is -0.850. The fourth-order valence-electron chi connectivity index (χ4n) is 2.00. The third-order valence-corrected chi connectivity index (χ3v) is 3.24. The van der Waals surface area contributed by atoms with Gasteiger partial charge in [-0.15, -0.1) is 0 Å². The number of carbonyl (C=O) groups is 1. The highest BCUT2D eigenvalue weighted by atomic mass is 16.1. The molecule has 0 heterocycles. The molecule has 1 nitrogen and oxygen atoms in total. The maximum atomic E-state index is 10.1. The van der Waals surface area contributed by atoms with Crippen LogP contribution in [0.15, 0.2) is 24.3 Å². The number of hydrogen-bond donors (Lipinski definition) is 0. The summed E-state index contributed by atoms with van der Waals surface area (Å²) >= 11 is 0. The van der Waals surface area contributed by atoms with E-state index in [2.05, 4.69) is 31.2 Å². The summed E-state index contributed by atoms with van der Waals surface area (Å²) in [5, 5.41) is 0. The van der Waals surface area contributed by atoms with Crippen molar-refractivity contribution < 1.29 is 4.79 Å². The molecular weight excluding hydrogens is 232 g/mol. The summed E-state index contributed by atoms with van der Waals surface area (Å²) < 4.78 is 0. The minimum Gasteiger partial charge on any atom is -0.303 e. The summed E-state index contributed by atoms with van der Waals surface area (Å²) in [6, 6.07) is 0. The van der Waals surface area contributed by atoms with Crippen molar-refractivity contribution in [1.82, 2.24) is 0 Å². The molecule has 0 aliphatic carbocycles. The van der Waals surface area contributed by atoms with E-state index in [-0.39, 0.29) is 0 Å². The van der Waals surface area contributed by atoms with E-state index in [1.165, 1.54) is 51.4 Å². The van der Waals surface area contributed by atoms with Gasteiger partial charge in [-0.2, -0.15) is 0 Å². The van der Waals surface area contributed by atoms with Crippen molar-refractivity contribution in [3.63, 3.8) is 0 Å². The van der Waals surface area contributed by atoms with E-state index < -0.39 is 0 Å². The number of carbonyl (C=O) groups excluding carboxylic acids is 1. The van der Waals surface area contributed by atoms with Crippen molar-refractivity contribution in [2.24, 2.45) is 0 Å². The molecule has 0 saturated carbocycles. The van der Waals surface area contributed by atoms with Crippen LogP contribution >= 0.6 is 0 Å². The number of rotatable bonds is 14. The Kier molecular flexibility index (Phi) is 16.4. The fourth-order valence-corrected chi connectivity index (χ4v) is 2.00. The zero-order valence-electron chi connectivity index (χ0n) is 12.8. The first-order valence-corrected chi connectivity index (χ1v) is 8.15. The van der Waals surface area contributed by atoms with Gasteiger partial charge >= 0.3 is 0 Å². The standard InChI is InChI=1S/C18H32O/c1-2-3-4-5-6-7-8-9-10-11-12-13-14-15-16-17-18-19/h6-7,12-13,18H,2-5,8-11,14-17H2,1H3/b7-6+,13-12+. The topological polar surface area (TPSA) is 17.1 Å². The molecule has 0 rings (SSSR count). The molecular formula is C18H32O. The Morgan fingerprint density at radius 3 is 1.32 bits per heavy atom. The quantitative estimate of drug-likeness (QED) is 0.214. The van der Waals surface area contributed by atoms with Gasteiger partial charge in [0.25, 0.3) is 0 Å². The number of allylic oxidation sites excluding steroid dienone is 4. The van der Waals surface area contributed by atoms with Crippen LogP contribution in [-0.2, 0) is 4.79 Å². The molecule has 0 atom stereocenters. The Morgan fingerprint density at radius 2 is 0.947 bits per heavy atom. The van der Waals surface area contributed by atoms with E-state index in [4.69, 9.17) is 0 Å². The molecule has 110 valence electrons. The maximum absolute atomic E-state index is 10.1. The van der Waals surface area contributed by atoms with Gasteiger partial charge in [0, 0.05) is 6.42 Å². The Balaban J connectivity index is 3.13. The highest BCUT2D eigenvalue weighted by Crippen LogP contribution is 2.05. The molecule has 0 amide bonds. The predicted molar refractivity (Wildman–Crippen MR) is 85.4 cm³/mol. The summed E-state index contributed by atoms with van der Waals surface area (Å²) in [6.07, 6.45) is 24.6. The van der Waals surface area contributed by atoms with Gasteiger partial charge in [-0.1, -0.05) is 44.1 Å². The van der Waals surface area contributed by atoms with E-state index in [1.54, 1.807) is 0 Å². The van der Waals surface area contributed by atoms with Gasteiger partial charge in [0.05, 0.1) is 0 Å². The minimum absolute atomic E-state index is 0.721. The summed E-state index contributed by atoms with van der Waals surface area (Å²) in [5.74, 6) is 0. The lowest BCUT2D eigenvalue weighted by atomic mass is 10.1. The normalized spacial score (nSPS) is 11.6. The lowest BCUT2D eigenvalue weighted by Gasteiger charge is -1.95. The molecule has 0 aromatic carbocycles. The zero-order chi connectivity index (χ0) is 14.0. The molecule has 0 fully saturated rings. The van der Waals surface area contributed by atoms with Gasteiger partial charge in [0.1, 0.15) is 6.29 Å². The third-order valence-electron chi connectivity index (χ3n) is 3.24. The van der Waals surface area contributed by atoms with E-state index in [9.17, 15) is 4.79 Å². The molecule has 0 N–H and O–H groups in total. The van der Waals surface area contributed by atoms with Gasteiger partial charge in [-0.25, -0.2) is 0 Å². The van der Waals surface area contributed by atoms with Gasteiger partial charge in [-0.05, 0) is 57.8 Å². The van der Waals surface area contributed by atoms with Crippen molar-refractivity contribution in [3.05, 3.63) is 24.3 Å². The molecule has 0 unspecified atom stereocenters. The molecule has 0 aromatic rings. The number of aldehydes is 1. The smallest absolute Gasteiger partial charge is 0.119 e. The molecule has 0 aromatic heterocycles. The van der Waals surface area contributed by atoms with E-state index in [0.29, 0.717) is 0 Å². The molecule has 0 saturated heterocycles. The average Bonchev–Trinajstić information content (AvgIpc) is 2.43. The van der Waals surface area contributed by atoms with Crippen molar-refractivity contribution >= 4 is 6.29 Å². The fraction of sp³-hybridized carbons (Fsp3) is 0.722. The summed E-state index contributed by atoms with van der Waals surface area (Å²) in [7, 11) is 0. The zero-order valence-corrected chi connectivity index (χ0v) is 12.8. The van der Waals surface area contributed by atoms with Crippen molar-refractivity contribution in [1.29, 1.82) is 0 Å². The van der Waals surface area contributed by atoms with Crippen LogP contribution in [0.25, 0.3) is 0 Å². The van der Waals surface area contributed by atoms with Crippen LogP contribution in [0.1, 0.15) is 84.0 Å². The molecule has 0 bridgehead atoms. The molecule has 0 aliphatic heterocycles. The molecule has 0 aliphatic rings. The highest BCUT2D eigenvalue weighted by molar-refractivity contribution is 5.48. The van der Waals surface area contributed by atoms with Gasteiger partial charge < -0.3 is 4.79 Å². The van der Waals surface area contributed by atoms with E-state index in [1.807, 2.05) is 0 Å². The first-order chi connectivity index (χ1) is 9.41. The summed E-state index contributed by atoms with van der Waals surface area (Å²) in [5.41, 5.74) is 0. The third kappa shape index (κ3) is 17.1. The van der Waals surface area contributed by atoms with Crippen LogP contribution in [0.2, 0.25) is 0 Å². The minimum atomic E-state index is 0.721. The Morgan fingerprint density at radius 1 is 0.579 bits per heavy atom. The second-order valence-corrected chi connectivity index (χ2v) is 5.17. The lowest BCUT2D eigenvalue weighted by Crippen LogP contribution is -1.77. The van der Waals surface area contributed by atoms with Crippen LogP contribution < -0.4 is 0 Å². The molecule has 0 radical (unpaired) electrons. The average molecular weight is 264 g/mol. The van der Waals surface area contributed by atoms with Gasteiger partial charge in [0.2, 0.25) is 0 Å². The maximum Gasteiger partial charge on any atom is 0.119 e. The Bertz CT molecular complexity index is 228. The van der Waals surface area contributed by atoms with Gasteiger partial charge in [-0.3, -0.25) is 0 Å². The second kappa shape index (κ2) is 17.2.